The lowest BCUT2D eigenvalue weighted by Crippen LogP contribution is -2.33. The summed E-state index contributed by atoms with van der Waals surface area (Å²) in [7, 11) is 0. The Morgan fingerprint density at radius 1 is 0.952 bits per heavy atom. The summed E-state index contributed by atoms with van der Waals surface area (Å²) in [6, 6.07) is 14.9. The van der Waals surface area contributed by atoms with E-state index in [0.717, 1.165) is 0 Å². The van der Waals surface area contributed by atoms with E-state index in [2.05, 4.69) is 0 Å². The topological polar surface area (TPSA) is 38.3 Å². The van der Waals surface area contributed by atoms with Crippen LogP contribution in [0.3, 0.4) is 0 Å². The van der Waals surface area contributed by atoms with Crippen LogP contribution in [0.25, 0.3) is 0 Å². The molecule has 3 nitrogen and oxygen atoms in total. The molecule has 0 spiro atoms. The summed E-state index contributed by atoms with van der Waals surface area (Å²) in [6.07, 6.45) is -4.42. The highest BCUT2D eigenvalue weighted by Crippen LogP contribution is 2.21. The van der Waals surface area contributed by atoms with Gasteiger partial charge in [0.25, 0.3) is 5.91 Å². The number of ether oxygens (including phenoxy) is 1. The summed E-state index contributed by atoms with van der Waals surface area (Å²) < 4.78 is 41.5. The van der Waals surface area contributed by atoms with Crippen molar-refractivity contribution in [2.24, 2.45) is 0 Å². The van der Waals surface area contributed by atoms with Crippen LogP contribution >= 0.6 is 0 Å². The Morgan fingerprint density at radius 2 is 1.52 bits per heavy atom. The summed E-state index contributed by atoms with van der Waals surface area (Å²) in [4.78, 5) is 11.5. The molecule has 2 aromatic carbocycles. The first-order valence-electron chi connectivity index (χ1n) is 6.12. The van der Waals surface area contributed by atoms with Gasteiger partial charge in [0.15, 0.2) is 0 Å². The van der Waals surface area contributed by atoms with Gasteiger partial charge in [-0.05, 0) is 36.4 Å². The van der Waals surface area contributed by atoms with E-state index in [-0.39, 0.29) is 5.56 Å². The highest BCUT2D eigenvalue weighted by Gasteiger charge is 2.27. The Bertz CT molecular complexity index is 595. The van der Waals surface area contributed by atoms with Crippen molar-refractivity contribution in [2.45, 2.75) is 6.18 Å². The lowest BCUT2D eigenvalue weighted by Gasteiger charge is -2.09. The zero-order valence-electron chi connectivity index (χ0n) is 10.9. The third kappa shape index (κ3) is 4.83. The molecule has 0 aliphatic rings. The second kappa shape index (κ2) is 6.30. The van der Waals surface area contributed by atoms with E-state index in [1.165, 1.54) is 24.3 Å². The Balaban J connectivity index is 1.97. The van der Waals surface area contributed by atoms with Crippen LogP contribution in [0.4, 0.5) is 13.2 Å². The van der Waals surface area contributed by atoms with Gasteiger partial charge in [-0.2, -0.15) is 13.2 Å². The largest absolute Gasteiger partial charge is 0.457 e. The lowest BCUT2D eigenvalue weighted by molar-refractivity contribution is -0.123. The predicted octanol–water partition coefficient (Wildman–Crippen LogP) is 3.77. The van der Waals surface area contributed by atoms with E-state index in [4.69, 9.17) is 4.74 Å². The molecular formula is C15H12F3NO2. The number of hydrogen-bond donors (Lipinski definition) is 1. The van der Waals surface area contributed by atoms with E-state index < -0.39 is 18.6 Å². The normalized spacial score (nSPS) is 11.0. The molecule has 0 fully saturated rings. The van der Waals surface area contributed by atoms with Crippen molar-refractivity contribution in [3.63, 3.8) is 0 Å². The zero-order valence-corrected chi connectivity index (χ0v) is 10.9. The van der Waals surface area contributed by atoms with Gasteiger partial charge >= 0.3 is 6.18 Å². The molecule has 0 saturated carbocycles. The minimum Gasteiger partial charge on any atom is -0.457 e. The molecule has 0 aliphatic heterocycles. The minimum atomic E-state index is -4.42. The van der Waals surface area contributed by atoms with Crippen molar-refractivity contribution in [1.82, 2.24) is 5.32 Å². The van der Waals surface area contributed by atoms with Gasteiger partial charge in [-0.15, -0.1) is 0 Å². The summed E-state index contributed by atoms with van der Waals surface area (Å²) in [5.74, 6) is 0.346. The molecule has 0 heterocycles. The molecule has 0 bridgehead atoms. The molecule has 1 amide bonds. The quantitative estimate of drug-likeness (QED) is 0.932. The molecule has 110 valence electrons. The molecule has 21 heavy (non-hydrogen) atoms. The van der Waals surface area contributed by atoms with Crippen molar-refractivity contribution in [3.05, 3.63) is 60.2 Å². The third-order valence-electron chi connectivity index (χ3n) is 2.54. The average Bonchev–Trinajstić information content (AvgIpc) is 2.46. The first-order chi connectivity index (χ1) is 9.94. The Kier molecular flexibility index (Phi) is 4.47. The molecule has 0 unspecified atom stereocenters. The fourth-order valence-corrected chi connectivity index (χ4v) is 1.58. The second-order valence-electron chi connectivity index (χ2n) is 4.24. The minimum absolute atomic E-state index is 0.139. The third-order valence-corrected chi connectivity index (χ3v) is 2.54. The van der Waals surface area contributed by atoms with Gasteiger partial charge in [-0.25, -0.2) is 0 Å². The Labute approximate surface area is 119 Å². The van der Waals surface area contributed by atoms with Gasteiger partial charge in [0, 0.05) is 5.56 Å². The SMILES string of the molecule is O=C(NCC(F)(F)F)c1ccc(Oc2ccccc2)cc1. The molecule has 0 aliphatic carbocycles. The number of para-hydroxylation sites is 1. The average molecular weight is 295 g/mol. The fourth-order valence-electron chi connectivity index (χ4n) is 1.58. The molecule has 2 aromatic rings. The maximum absolute atomic E-state index is 12.0. The predicted molar refractivity (Wildman–Crippen MR) is 71.3 cm³/mol. The summed E-state index contributed by atoms with van der Waals surface area (Å²) >= 11 is 0. The highest BCUT2D eigenvalue weighted by atomic mass is 19.4. The molecule has 0 atom stereocenters. The van der Waals surface area contributed by atoms with Crippen LogP contribution < -0.4 is 10.1 Å². The zero-order chi connectivity index (χ0) is 15.3. The Hall–Kier alpha value is -2.50. The molecule has 0 aromatic heterocycles. The van der Waals surface area contributed by atoms with E-state index in [0.29, 0.717) is 11.5 Å². The van der Waals surface area contributed by atoms with Gasteiger partial charge in [-0.1, -0.05) is 18.2 Å². The van der Waals surface area contributed by atoms with E-state index >= 15 is 0 Å². The van der Waals surface area contributed by atoms with Gasteiger partial charge in [0.1, 0.15) is 18.0 Å². The maximum Gasteiger partial charge on any atom is 0.405 e. The van der Waals surface area contributed by atoms with E-state index in [9.17, 15) is 18.0 Å². The van der Waals surface area contributed by atoms with Crippen LogP contribution in [0.2, 0.25) is 0 Å². The molecule has 1 N–H and O–H groups in total. The lowest BCUT2D eigenvalue weighted by atomic mass is 10.2. The van der Waals surface area contributed by atoms with Crippen LogP contribution in [0.5, 0.6) is 11.5 Å². The second-order valence-corrected chi connectivity index (χ2v) is 4.24. The first-order valence-corrected chi connectivity index (χ1v) is 6.12. The molecular weight excluding hydrogens is 283 g/mol. The van der Waals surface area contributed by atoms with Gasteiger partial charge in [-0.3, -0.25) is 4.79 Å². The van der Waals surface area contributed by atoms with Crippen molar-refractivity contribution >= 4 is 5.91 Å². The maximum atomic E-state index is 12.0. The summed E-state index contributed by atoms with van der Waals surface area (Å²) in [5.41, 5.74) is 0.139. The number of carbonyl (C=O) groups is 1. The van der Waals surface area contributed by atoms with Gasteiger partial charge < -0.3 is 10.1 Å². The van der Waals surface area contributed by atoms with Crippen LogP contribution in [0, 0.1) is 0 Å². The number of hydrogen-bond acceptors (Lipinski definition) is 2. The summed E-state index contributed by atoms with van der Waals surface area (Å²) in [6.45, 7) is -1.35. The number of carbonyl (C=O) groups excluding carboxylic acids is 1. The van der Waals surface area contributed by atoms with Crippen molar-refractivity contribution in [1.29, 1.82) is 0 Å². The molecule has 0 radical (unpaired) electrons. The number of amides is 1. The van der Waals surface area contributed by atoms with Gasteiger partial charge in [0.2, 0.25) is 0 Å². The fraction of sp³-hybridized carbons (Fsp3) is 0.133. The van der Waals surface area contributed by atoms with Crippen molar-refractivity contribution in [2.75, 3.05) is 6.54 Å². The first kappa shape index (κ1) is 14.9. The van der Waals surface area contributed by atoms with Crippen LogP contribution in [-0.4, -0.2) is 18.6 Å². The Morgan fingerprint density at radius 3 is 2.10 bits per heavy atom. The number of halogens is 3. The van der Waals surface area contributed by atoms with Crippen LogP contribution in [0.15, 0.2) is 54.6 Å². The van der Waals surface area contributed by atoms with Crippen molar-refractivity contribution < 1.29 is 22.7 Å². The number of nitrogens with one attached hydrogen (secondary N) is 1. The molecule has 0 saturated heterocycles. The number of alkyl halides is 3. The molecule has 2 rings (SSSR count). The van der Waals surface area contributed by atoms with Crippen molar-refractivity contribution in [3.8, 4) is 11.5 Å². The van der Waals surface area contributed by atoms with Gasteiger partial charge in [0.05, 0.1) is 0 Å². The summed E-state index contributed by atoms with van der Waals surface area (Å²) in [5, 5.41) is 1.80. The van der Waals surface area contributed by atoms with Crippen LogP contribution in [0.1, 0.15) is 10.4 Å². The molecule has 6 heteroatoms. The van der Waals surface area contributed by atoms with Crippen LogP contribution in [-0.2, 0) is 0 Å². The monoisotopic (exact) mass is 295 g/mol. The van der Waals surface area contributed by atoms with E-state index in [1.807, 2.05) is 18.2 Å². The highest BCUT2D eigenvalue weighted by molar-refractivity contribution is 5.94. The standard InChI is InChI=1S/C15H12F3NO2/c16-15(17,18)10-19-14(20)11-6-8-13(9-7-11)21-12-4-2-1-3-5-12/h1-9H,10H2,(H,19,20). The smallest absolute Gasteiger partial charge is 0.405 e. The number of rotatable bonds is 4. The number of benzene rings is 2. The van der Waals surface area contributed by atoms with E-state index in [1.54, 1.807) is 17.4 Å².